The molecule has 0 radical (unpaired) electrons. The lowest BCUT2D eigenvalue weighted by Crippen LogP contribution is -2.70. The summed E-state index contributed by atoms with van der Waals surface area (Å²) in [6.07, 6.45) is -51.5. The number of esters is 17. The Morgan fingerprint density at radius 2 is 0.308 bits per heavy atom. The average molecular weight is 1540 g/mol. The number of ether oxygens (including phenoxy) is 26. The van der Waals surface area contributed by atoms with Gasteiger partial charge in [0.15, 0.2) is 86.2 Å². The molecule has 0 bridgehead atoms. The normalized spacial score (nSPS) is 32.3. The number of hydrogen-bond acceptors (Lipinski definition) is 43. The van der Waals surface area contributed by atoms with Crippen molar-refractivity contribution in [1.29, 1.82) is 0 Å². The maximum atomic E-state index is 13.6. The van der Waals surface area contributed by atoms with Crippen LogP contribution in [0.4, 0.5) is 0 Å². The second-order valence-electron chi connectivity index (χ2n) is 24.1. The fraction of sp³-hybridized carbons (Fsp3) is 0.734. The second-order valence-corrected chi connectivity index (χ2v) is 24.1. The molecule has 5 rings (SSSR count). The van der Waals surface area contributed by atoms with Crippen LogP contribution in [0.25, 0.3) is 0 Å². The van der Waals surface area contributed by atoms with Gasteiger partial charge in [-0.25, -0.2) is 0 Å². The average Bonchev–Trinajstić information content (AvgIpc) is 0.761. The van der Waals surface area contributed by atoms with Crippen LogP contribution in [0.5, 0.6) is 0 Å². The Hall–Kier alpha value is -9.37. The van der Waals surface area contributed by atoms with E-state index in [0.29, 0.717) is 0 Å². The minimum absolute atomic E-state index is 0.792. The molecule has 0 aromatic heterocycles. The summed E-state index contributed by atoms with van der Waals surface area (Å²) in [6, 6.07) is 0. The predicted octanol–water partition coefficient (Wildman–Crippen LogP) is -2.22. The van der Waals surface area contributed by atoms with Crippen molar-refractivity contribution in [3.05, 3.63) is 0 Å². The van der Waals surface area contributed by atoms with Crippen LogP contribution in [0.1, 0.15) is 118 Å². The summed E-state index contributed by atoms with van der Waals surface area (Å²) in [6.45, 7) is 10.8. The van der Waals surface area contributed by atoms with E-state index >= 15 is 0 Å². The summed E-state index contributed by atoms with van der Waals surface area (Å²) >= 11 is 0. The summed E-state index contributed by atoms with van der Waals surface area (Å²) < 4.78 is 152. The summed E-state index contributed by atoms with van der Waals surface area (Å²) in [5, 5.41) is 0. The van der Waals surface area contributed by atoms with E-state index < -0.39 is 288 Å². The topological polar surface area (TPSA) is 530 Å². The molecule has 25 atom stereocenters. The second kappa shape index (κ2) is 40.5. The maximum absolute atomic E-state index is 13.6. The van der Waals surface area contributed by atoms with Crippen molar-refractivity contribution in [2.45, 2.75) is 271 Å². The van der Waals surface area contributed by atoms with Gasteiger partial charge in [-0.15, -0.1) is 0 Å². The van der Waals surface area contributed by atoms with Crippen molar-refractivity contribution in [1.82, 2.24) is 0 Å². The van der Waals surface area contributed by atoms with Gasteiger partial charge in [-0.05, 0) is 0 Å². The van der Waals surface area contributed by atoms with E-state index in [-0.39, 0.29) is 0 Å². The molecule has 5 aliphatic rings. The summed E-state index contributed by atoms with van der Waals surface area (Å²) in [5.74, 6) is -18.7. The molecule has 43 heteroatoms. The molecule has 107 heavy (non-hydrogen) atoms. The molecule has 43 nitrogen and oxygen atoms in total. The number of rotatable bonds is 30. The Labute approximate surface area is 608 Å². The first-order valence-electron chi connectivity index (χ1n) is 32.7. The highest BCUT2D eigenvalue weighted by molar-refractivity contribution is 5.72. The van der Waals surface area contributed by atoms with E-state index in [1.54, 1.807) is 0 Å². The molecule has 5 fully saturated rings. The van der Waals surface area contributed by atoms with Crippen LogP contribution in [-0.2, 0) is 205 Å². The molecular weight excluding hydrogens is 1460 g/mol. The number of hydrogen-bond donors (Lipinski definition) is 0. The molecule has 0 aliphatic carbocycles. The molecule has 0 aromatic carbocycles. The molecule has 0 saturated carbocycles. The van der Waals surface area contributed by atoms with Gasteiger partial charge < -0.3 is 123 Å². The quantitative estimate of drug-likeness (QED) is 0.0543. The zero-order valence-corrected chi connectivity index (χ0v) is 61.0. The van der Waals surface area contributed by atoms with Gasteiger partial charge in [0.2, 0.25) is 12.4 Å². The summed E-state index contributed by atoms with van der Waals surface area (Å²) in [4.78, 5) is 221. The van der Waals surface area contributed by atoms with E-state index in [0.717, 1.165) is 118 Å². The van der Waals surface area contributed by atoms with Crippen LogP contribution in [0.2, 0.25) is 0 Å². The van der Waals surface area contributed by atoms with Crippen molar-refractivity contribution in [2.75, 3.05) is 33.0 Å². The van der Waals surface area contributed by atoms with E-state index in [9.17, 15) is 81.5 Å². The molecule has 0 spiro atoms. The Morgan fingerprint density at radius 3 is 0.486 bits per heavy atom. The number of carbonyl (C=O) groups is 17. The lowest BCUT2D eigenvalue weighted by atomic mass is 9.94. The van der Waals surface area contributed by atoms with Crippen LogP contribution < -0.4 is 0 Å². The molecule has 600 valence electrons. The first kappa shape index (κ1) is 88.3. The molecular formula is C64H86O43. The van der Waals surface area contributed by atoms with Crippen LogP contribution in [0.15, 0.2) is 0 Å². The monoisotopic (exact) mass is 1540 g/mol. The van der Waals surface area contributed by atoms with Crippen molar-refractivity contribution >= 4 is 101 Å². The zero-order chi connectivity index (χ0) is 80.2. The molecule has 5 heterocycles. The minimum atomic E-state index is -2.34. The fourth-order valence-electron chi connectivity index (χ4n) is 11.6. The Balaban J connectivity index is 1.74. The van der Waals surface area contributed by atoms with Crippen molar-refractivity contribution < 1.29 is 205 Å². The first-order valence-corrected chi connectivity index (χ1v) is 32.7. The third kappa shape index (κ3) is 26.8. The molecule has 25 unspecified atom stereocenters. The van der Waals surface area contributed by atoms with E-state index in [2.05, 4.69) is 0 Å². The van der Waals surface area contributed by atoms with Crippen LogP contribution in [0.3, 0.4) is 0 Å². The summed E-state index contributed by atoms with van der Waals surface area (Å²) in [5.41, 5.74) is 0. The standard InChI is InChI=1S/C64H86O43/c1-23(65)82-18-40-45(87-28(6)70)50(88-29(7)71)56(94-35(13)77)61(100-40)105-47-42(20-84-25(3)67)102-63(58(96-37(15)79)52(47)90-31(9)73)107-49-44(22-86-27(5)69)103-64(59(97-38(16)80)54(49)92-33(11)75)106-48-43(21-85-26(4)68)101-62(57(95-36(14)78)53(48)91-32(10)74)104-46-41(19-83-24(2)66)99-60(98-39(17)81)55(93-34(12)76)51(46)89-30(8)72/h40-64H,18-22H2,1-17H3. The Morgan fingerprint density at radius 1 is 0.168 bits per heavy atom. The van der Waals surface area contributed by atoms with E-state index in [1.807, 2.05) is 0 Å². The van der Waals surface area contributed by atoms with Gasteiger partial charge >= 0.3 is 101 Å². The minimum Gasteiger partial charge on any atom is -0.463 e. The molecule has 5 saturated heterocycles. The molecule has 0 aromatic rings. The van der Waals surface area contributed by atoms with Gasteiger partial charge in [0.25, 0.3) is 0 Å². The third-order valence-electron chi connectivity index (χ3n) is 15.0. The predicted molar refractivity (Wildman–Crippen MR) is 329 cm³/mol. The lowest BCUT2D eigenvalue weighted by molar-refractivity contribution is -0.393. The fourth-order valence-corrected chi connectivity index (χ4v) is 11.6. The zero-order valence-electron chi connectivity index (χ0n) is 61.0. The highest BCUT2D eigenvalue weighted by atomic mass is 16.8. The SMILES string of the molecule is CC(=O)OCC1OC(OC2C(COC(C)=O)OC(OC3C(COC(C)=O)OC(OC4C(COC(C)=O)OC(OC5C(COC(C)=O)OC(OC(C)=O)C(OC(C)=O)C5OC(C)=O)C(OC(C)=O)C4OC(C)=O)C(OC(C)=O)C3OC(C)=O)C(OC(C)=O)C2OC(C)=O)C(OC(C)=O)C(OC(C)=O)C1OC(C)=O. The Kier molecular flexibility index (Phi) is 33.4. The molecule has 5 aliphatic heterocycles. The largest absolute Gasteiger partial charge is 0.463 e. The lowest BCUT2D eigenvalue weighted by Gasteiger charge is -2.51. The van der Waals surface area contributed by atoms with Crippen LogP contribution >= 0.6 is 0 Å². The van der Waals surface area contributed by atoms with Gasteiger partial charge in [-0.3, -0.25) is 81.5 Å². The highest BCUT2D eigenvalue weighted by Crippen LogP contribution is 2.42. The van der Waals surface area contributed by atoms with Crippen molar-refractivity contribution in [3.8, 4) is 0 Å². The molecule has 0 N–H and O–H groups in total. The smallest absolute Gasteiger partial charge is 0.305 e. The van der Waals surface area contributed by atoms with Gasteiger partial charge in [-0.2, -0.15) is 0 Å². The number of carbonyl (C=O) groups excluding carboxylic acids is 17. The maximum Gasteiger partial charge on any atom is 0.305 e. The first-order chi connectivity index (χ1) is 50.0. The third-order valence-corrected chi connectivity index (χ3v) is 15.0. The van der Waals surface area contributed by atoms with Gasteiger partial charge in [-0.1, -0.05) is 0 Å². The van der Waals surface area contributed by atoms with Gasteiger partial charge in [0.1, 0.15) is 88.0 Å². The molecule has 0 amide bonds. The van der Waals surface area contributed by atoms with Crippen molar-refractivity contribution in [3.63, 3.8) is 0 Å². The van der Waals surface area contributed by atoms with Gasteiger partial charge in [0, 0.05) is 118 Å². The van der Waals surface area contributed by atoms with E-state index in [4.69, 9.17) is 123 Å². The van der Waals surface area contributed by atoms with E-state index in [1.165, 1.54) is 0 Å². The van der Waals surface area contributed by atoms with Gasteiger partial charge in [0.05, 0.1) is 0 Å². The van der Waals surface area contributed by atoms with Crippen molar-refractivity contribution in [2.24, 2.45) is 0 Å². The van der Waals surface area contributed by atoms with Crippen LogP contribution in [0, 0.1) is 0 Å². The Bertz CT molecular complexity index is 3240. The van der Waals surface area contributed by atoms with Crippen LogP contribution in [-0.4, -0.2) is 288 Å². The highest BCUT2D eigenvalue weighted by Gasteiger charge is 2.63. The summed E-state index contributed by atoms with van der Waals surface area (Å²) in [7, 11) is 0.